The average Bonchev–Trinajstić information content (AvgIpc) is 2.68. The van der Waals surface area contributed by atoms with Crippen molar-refractivity contribution in [3.63, 3.8) is 0 Å². The molecule has 0 saturated carbocycles. The van der Waals surface area contributed by atoms with Gasteiger partial charge in [0.05, 0.1) is 23.7 Å². The van der Waals surface area contributed by atoms with Crippen molar-refractivity contribution in [1.29, 1.82) is 0 Å². The van der Waals surface area contributed by atoms with Crippen molar-refractivity contribution < 1.29 is 13.2 Å². The van der Waals surface area contributed by atoms with Crippen molar-refractivity contribution in [3.05, 3.63) is 89.4 Å². The van der Waals surface area contributed by atoms with Gasteiger partial charge in [-0.05, 0) is 48.9 Å². The van der Waals surface area contributed by atoms with Crippen molar-refractivity contribution in [2.75, 3.05) is 10.9 Å². The van der Waals surface area contributed by atoms with Gasteiger partial charge in [0, 0.05) is 5.02 Å². The van der Waals surface area contributed by atoms with E-state index in [0.29, 0.717) is 23.1 Å². The predicted octanol–water partition coefficient (Wildman–Crippen LogP) is 5.13. The van der Waals surface area contributed by atoms with Gasteiger partial charge in [-0.25, -0.2) is 8.42 Å². The zero-order valence-electron chi connectivity index (χ0n) is 14.9. The molecule has 0 aliphatic carbocycles. The van der Waals surface area contributed by atoms with Gasteiger partial charge in [0.1, 0.15) is 5.75 Å². The van der Waals surface area contributed by atoms with Gasteiger partial charge in [0.15, 0.2) is 0 Å². The van der Waals surface area contributed by atoms with Gasteiger partial charge < -0.3 is 4.74 Å². The van der Waals surface area contributed by atoms with Crippen molar-refractivity contribution in [2.45, 2.75) is 18.4 Å². The molecule has 0 spiro atoms. The predicted molar refractivity (Wildman–Crippen MR) is 109 cm³/mol. The van der Waals surface area contributed by atoms with Gasteiger partial charge in [-0.2, -0.15) is 0 Å². The first-order valence-corrected chi connectivity index (χ1v) is 10.4. The van der Waals surface area contributed by atoms with E-state index in [2.05, 4.69) is 0 Å². The Bertz CT molecular complexity index is 1010. The summed E-state index contributed by atoms with van der Waals surface area (Å²) in [5, 5.41) is 0.558. The molecule has 0 atom stereocenters. The molecule has 3 rings (SSSR count). The summed E-state index contributed by atoms with van der Waals surface area (Å²) in [6, 6.07) is 22.7. The maximum Gasteiger partial charge on any atom is 0.264 e. The molecule has 0 amide bonds. The van der Waals surface area contributed by atoms with Crippen LogP contribution in [-0.2, 0) is 16.6 Å². The minimum atomic E-state index is -3.80. The lowest BCUT2D eigenvalue weighted by Gasteiger charge is -2.26. The molecule has 27 heavy (non-hydrogen) atoms. The van der Waals surface area contributed by atoms with Crippen molar-refractivity contribution in [3.8, 4) is 5.75 Å². The number of nitrogens with zero attached hydrogens (tertiary/aromatic N) is 1. The fraction of sp³-hybridized carbons (Fsp3) is 0.143. The van der Waals surface area contributed by atoms with Crippen molar-refractivity contribution >= 4 is 27.3 Å². The Morgan fingerprint density at radius 1 is 0.926 bits per heavy atom. The maximum atomic E-state index is 13.4. The highest BCUT2D eigenvalue weighted by Gasteiger charge is 2.27. The third-order valence-electron chi connectivity index (χ3n) is 3.98. The highest BCUT2D eigenvalue weighted by Crippen LogP contribution is 2.34. The molecule has 0 aliphatic rings. The van der Waals surface area contributed by atoms with Crippen molar-refractivity contribution in [2.24, 2.45) is 0 Å². The quantitative estimate of drug-likeness (QED) is 0.551. The second-order valence-corrected chi connectivity index (χ2v) is 8.15. The SMILES string of the molecule is CCOc1ccccc1N(Cc1cccc(Cl)c1)S(=O)(=O)c1ccccc1. The number of anilines is 1. The minimum absolute atomic E-state index is 0.141. The molecule has 3 aromatic rings. The van der Waals surface area contributed by atoms with Gasteiger partial charge in [-0.1, -0.05) is 54.1 Å². The van der Waals surface area contributed by atoms with Crippen LogP contribution in [0.3, 0.4) is 0 Å². The fourth-order valence-electron chi connectivity index (χ4n) is 2.76. The lowest BCUT2D eigenvalue weighted by molar-refractivity contribution is 0.341. The number of hydrogen-bond acceptors (Lipinski definition) is 3. The number of halogens is 1. The summed E-state index contributed by atoms with van der Waals surface area (Å²) < 4.78 is 33.9. The first-order valence-electron chi connectivity index (χ1n) is 8.56. The molecule has 0 heterocycles. The lowest BCUT2D eigenvalue weighted by atomic mass is 10.2. The van der Waals surface area contributed by atoms with Gasteiger partial charge in [0.25, 0.3) is 10.0 Å². The first-order chi connectivity index (χ1) is 13.0. The Balaban J connectivity index is 2.12. The van der Waals surface area contributed by atoms with Crippen LogP contribution in [0.5, 0.6) is 5.75 Å². The standard InChI is InChI=1S/C21H20ClNO3S/c1-2-26-21-14-7-6-13-20(21)23(16-17-9-8-10-18(22)15-17)27(24,25)19-11-4-3-5-12-19/h3-15H,2,16H2,1H3. The molecule has 0 aliphatic heterocycles. The molecule has 0 bridgehead atoms. The Hall–Kier alpha value is -2.50. The molecule has 0 saturated heterocycles. The normalized spacial score (nSPS) is 11.2. The molecule has 140 valence electrons. The van der Waals surface area contributed by atoms with E-state index in [1.165, 1.54) is 4.31 Å². The van der Waals surface area contributed by atoms with Gasteiger partial charge in [-0.3, -0.25) is 4.31 Å². The smallest absolute Gasteiger partial charge is 0.264 e. The average molecular weight is 402 g/mol. The zero-order chi connectivity index (χ0) is 19.3. The summed E-state index contributed by atoms with van der Waals surface area (Å²) in [5.74, 6) is 0.515. The summed E-state index contributed by atoms with van der Waals surface area (Å²) in [4.78, 5) is 0.221. The number of benzene rings is 3. The Morgan fingerprint density at radius 2 is 1.63 bits per heavy atom. The van der Waals surface area contributed by atoms with Crippen LogP contribution in [-0.4, -0.2) is 15.0 Å². The van der Waals surface area contributed by atoms with E-state index in [0.717, 1.165) is 5.56 Å². The highest BCUT2D eigenvalue weighted by molar-refractivity contribution is 7.92. The topological polar surface area (TPSA) is 46.6 Å². The third kappa shape index (κ3) is 4.43. The summed E-state index contributed by atoms with van der Waals surface area (Å²) in [5.41, 5.74) is 1.27. The van der Waals surface area contributed by atoms with E-state index in [-0.39, 0.29) is 11.4 Å². The number of rotatable bonds is 7. The molecule has 6 heteroatoms. The van der Waals surface area contributed by atoms with E-state index < -0.39 is 10.0 Å². The van der Waals surface area contributed by atoms with E-state index in [1.54, 1.807) is 66.7 Å². The zero-order valence-corrected chi connectivity index (χ0v) is 16.5. The van der Waals surface area contributed by atoms with E-state index >= 15 is 0 Å². The number of sulfonamides is 1. The molecule has 3 aromatic carbocycles. The molecule has 0 aromatic heterocycles. The van der Waals surface area contributed by atoms with E-state index in [9.17, 15) is 8.42 Å². The van der Waals surface area contributed by atoms with Crippen LogP contribution in [0.4, 0.5) is 5.69 Å². The van der Waals surface area contributed by atoms with E-state index in [4.69, 9.17) is 16.3 Å². The number of ether oxygens (including phenoxy) is 1. The molecular weight excluding hydrogens is 382 g/mol. The second-order valence-electron chi connectivity index (χ2n) is 5.86. The third-order valence-corrected chi connectivity index (χ3v) is 5.99. The lowest BCUT2D eigenvalue weighted by Crippen LogP contribution is -2.31. The summed E-state index contributed by atoms with van der Waals surface area (Å²) >= 11 is 6.09. The second kappa shape index (κ2) is 8.46. The van der Waals surface area contributed by atoms with Crippen LogP contribution in [0, 0.1) is 0 Å². The number of hydrogen-bond donors (Lipinski definition) is 0. The van der Waals surface area contributed by atoms with Crippen LogP contribution < -0.4 is 9.04 Å². The first kappa shape index (κ1) is 19.3. The van der Waals surface area contributed by atoms with Crippen LogP contribution in [0.25, 0.3) is 0 Å². The van der Waals surface area contributed by atoms with Crippen molar-refractivity contribution in [1.82, 2.24) is 0 Å². The summed E-state index contributed by atoms with van der Waals surface area (Å²) in [7, 11) is -3.80. The van der Waals surface area contributed by atoms with E-state index in [1.807, 2.05) is 19.1 Å². The van der Waals surface area contributed by atoms with Gasteiger partial charge in [0.2, 0.25) is 0 Å². The van der Waals surface area contributed by atoms with Crippen LogP contribution in [0.1, 0.15) is 12.5 Å². The summed E-state index contributed by atoms with van der Waals surface area (Å²) in [6.45, 7) is 2.44. The summed E-state index contributed by atoms with van der Waals surface area (Å²) in [6.07, 6.45) is 0. The minimum Gasteiger partial charge on any atom is -0.492 e. The molecular formula is C21H20ClNO3S. The Morgan fingerprint density at radius 3 is 2.33 bits per heavy atom. The van der Waals surface area contributed by atoms with Gasteiger partial charge >= 0.3 is 0 Å². The molecule has 0 radical (unpaired) electrons. The molecule has 0 N–H and O–H groups in total. The maximum absolute atomic E-state index is 13.4. The molecule has 4 nitrogen and oxygen atoms in total. The number of para-hydroxylation sites is 2. The Kier molecular flexibility index (Phi) is 6.04. The van der Waals surface area contributed by atoms with Crippen LogP contribution in [0.2, 0.25) is 5.02 Å². The molecule has 0 unspecified atom stereocenters. The monoisotopic (exact) mass is 401 g/mol. The van der Waals surface area contributed by atoms with Crippen LogP contribution >= 0.6 is 11.6 Å². The molecule has 0 fully saturated rings. The van der Waals surface area contributed by atoms with Crippen LogP contribution in [0.15, 0.2) is 83.8 Å². The fourth-order valence-corrected chi connectivity index (χ4v) is 4.46. The highest BCUT2D eigenvalue weighted by atomic mass is 35.5. The Labute approximate surface area is 165 Å². The van der Waals surface area contributed by atoms with Gasteiger partial charge in [-0.15, -0.1) is 0 Å². The largest absolute Gasteiger partial charge is 0.492 e.